The smallest absolute Gasteiger partial charge is 0.260 e. The summed E-state index contributed by atoms with van der Waals surface area (Å²) >= 11 is 0. The van der Waals surface area contributed by atoms with Gasteiger partial charge in [-0.1, -0.05) is 30.4 Å². The fraction of sp³-hybridized carbons (Fsp3) is 0.500. The first-order chi connectivity index (χ1) is 15.9. The zero-order valence-corrected chi connectivity index (χ0v) is 19.9. The number of hydrogen-bond acceptors (Lipinski definition) is 4. The minimum absolute atomic E-state index is 0.00861. The highest BCUT2D eigenvalue weighted by Gasteiger charge is 2.37. The topological polar surface area (TPSA) is 67.7 Å². The number of likely N-dealkylation sites (tertiary alicyclic amines) is 1. The molecule has 4 rings (SSSR count). The van der Waals surface area contributed by atoms with Crippen LogP contribution in [0, 0.1) is 6.92 Å². The van der Waals surface area contributed by atoms with Crippen LogP contribution in [0.3, 0.4) is 0 Å². The summed E-state index contributed by atoms with van der Waals surface area (Å²) in [4.78, 5) is 30.1. The number of carbonyl (C=O) groups excluding carboxylic acids is 2. The number of likely N-dealkylation sites (N-methyl/N-ethyl adjacent to an activating group) is 1. The molecule has 7 heteroatoms. The number of carbonyl (C=O) groups is 2. The molecule has 33 heavy (non-hydrogen) atoms. The molecule has 0 aliphatic carbocycles. The Hall–Kier alpha value is -3.09. The molecule has 2 aliphatic heterocycles. The number of hydrogen-bond donors (Lipinski definition) is 0. The lowest BCUT2D eigenvalue weighted by Gasteiger charge is -2.45. The van der Waals surface area contributed by atoms with E-state index in [-0.39, 0.29) is 30.5 Å². The minimum atomic E-state index is -0.0513. The van der Waals surface area contributed by atoms with Gasteiger partial charge in [0.05, 0.1) is 17.8 Å². The molecule has 1 saturated heterocycles. The van der Waals surface area contributed by atoms with Crippen LogP contribution >= 0.6 is 0 Å². The van der Waals surface area contributed by atoms with Gasteiger partial charge in [-0.3, -0.25) is 14.3 Å². The van der Waals surface area contributed by atoms with Gasteiger partial charge in [0.25, 0.3) is 5.91 Å². The van der Waals surface area contributed by atoms with Gasteiger partial charge in [-0.2, -0.15) is 5.10 Å². The van der Waals surface area contributed by atoms with Gasteiger partial charge in [0.15, 0.2) is 6.61 Å². The minimum Gasteiger partial charge on any atom is -0.483 e. The molecule has 1 fully saturated rings. The lowest BCUT2D eigenvalue weighted by atomic mass is 9.91. The first-order valence-electron chi connectivity index (χ1n) is 11.8. The molecule has 2 aromatic rings. The molecule has 7 nitrogen and oxygen atoms in total. The van der Waals surface area contributed by atoms with E-state index in [0.717, 1.165) is 54.8 Å². The van der Waals surface area contributed by atoms with Gasteiger partial charge in [0.2, 0.25) is 5.91 Å². The highest BCUT2D eigenvalue weighted by molar-refractivity contribution is 5.79. The molecule has 1 aromatic heterocycles. The number of benzene rings is 1. The van der Waals surface area contributed by atoms with Gasteiger partial charge in [-0.25, -0.2) is 0 Å². The van der Waals surface area contributed by atoms with E-state index in [4.69, 9.17) is 4.74 Å². The number of aryl methyl sites for hydroxylation is 3. The number of fused-ring (bicyclic) bond motifs is 2. The van der Waals surface area contributed by atoms with Crippen molar-refractivity contribution in [2.24, 2.45) is 7.05 Å². The first-order valence-corrected chi connectivity index (χ1v) is 11.8. The van der Waals surface area contributed by atoms with Crippen LogP contribution in [0.1, 0.15) is 42.5 Å². The molecule has 1 aromatic carbocycles. The first kappa shape index (κ1) is 23.1. The fourth-order valence-electron chi connectivity index (χ4n) is 5.05. The van der Waals surface area contributed by atoms with Crippen molar-refractivity contribution in [1.29, 1.82) is 0 Å². The zero-order valence-electron chi connectivity index (χ0n) is 19.9. The van der Waals surface area contributed by atoms with Crippen molar-refractivity contribution in [2.45, 2.75) is 57.5 Å². The fourth-order valence-corrected chi connectivity index (χ4v) is 5.05. The summed E-state index contributed by atoms with van der Waals surface area (Å²) in [5.74, 6) is 0.854. The number of rotatable bonds is 3. The molecule has 3 heterocycles. The van der Waals surface area contributed by atoms with Crippen LogP contribution < -0.4 is 4.74 Å². The highest BCUT2D eigenvalue weighted by atomic mass is 16.5. The summed E-state index contributed by atoms with van der Waals surface area (Å²) < 4.78 is 7.68. The Morgan fingerprint density at radius 2 is 2.00 bits per heavy atom. The second kappa shape index (κ2) is 10.2. The predicted molar refractivity (Wildman–Crippen MR) is 127 cm³/mol. The average Bonchev–Trinajstić information content (AvgIpc) is 3.14. The SMILES string of the molecule is Cc1nn(C)cc1CCC(=O)N1CCC[C@@H]2[C@H]1CC=CCc1ccccc1OCC(=O)N2C. The van der Waals surface area contributed by atoms with Crippen LogP contribution in [0.5, 0.6) is 5.75 Å². The van der Waals surface area contributed by atoms with Gasteiger partial charge >= 0.3 is 0 Å². The highest BCUT2D eigenvalue weighted by Crippen LogP contribution is 2.27. The van der Waals surface area contributed by atoms with Crippen LogP contribution in [-0.4, -0.2) is 63.7 Å². The lowest BCUT2D eigenvalue weighted by molar-refractivity contribution is -0.143. The number of aromatic nitrogens is 2. The van der Waals surface area contributed by atoms with E-state index in [0.29, 0.717) is 12.8 Å². The largest absolute Gasteiger partial charge is 0.483 e. The number of para-hydroxylation sites is 1. The molecule has 0 saturated carbocycles. The summed E-state index contributed by atoms with van der Waals surface area (Å²) in [6.45, 7) is 2.73. The normalized spacial score (nSPS) is 21.5. The Balaban J connectivity index is 1.52. The molecule has 2 aliphatic rings. The molecule has 0 N–H and O–H groups in total. The number of ether oxygens (including phenoxy) is 1. The van der Waals surface area contributed by atoms with Crippen molar-refractivity contribution in [3.63, 3.8) is 0 Å². The molecule has 0 spiro atoms. The lowest BCUT2D eigenvalue weighted by Crippen LogP contribution is -2.57. The van der Waals surface area contributed by atoms with E-state index in [2.05, 4.69) is 17.3 Å². The second-order valence-electron chi connectivity index (χ2n) is 9.09. The Kier molecular flexibility index (Phi) is 7.16. The molecule has 0 bridgehead atoms. The maximum atomic E-state index is 13.3. The Labute approximate surface area is 196 Å². The van der Waals surface area contributed by atoms with E-state index >= 15 is 0 Å². The number of allylic oxidation sites excluding steroid dienone is 1. The summed E-state index contributed by atoms with van der Waals surface area (Å²) in [5, 5.41) is 4.39. The monoisotopic (exact) mass is 450 g/mol. The summed E-state index contributed by atoms with van der Waals surface area (Å²) in [7, 11) is 3.75. The van der Waals surface area contributed by atoms with Crippen molar-refractivity contribution in [2.75, 3.05) is 20.2 Å². The van der Waals surface area contributed by atoms with E-state index < -0.39 is 0 Å². The Morgan fingerprint density at radius 1 is 1.18 bits per heavy atom. The molecule has 2 atom stereocenters. The Bertz CT molecular complexity index is 1030. The van der Waals surface area contributed by atoms with Crippen molar-refractivity contribution in [3.05, 3.63) is 59.4 Å². The third-order valence-electron chi connectivity index (χ3n) is 6.88. The van der Waals surface area contributed by atoms with E-state index in [1.165, 1.54) is 0 Å². The standard InChI is InChI=1S/C26H34N4O3/c1-19-21(17-28(2)27-19)14-15-25(31)30-16-8-12-22-23(30)11-6-4-9-20-10-5-7-13-24(20)33-18-26(32)29(22)3/h4-7,10,13,17,22-23H,8-9,11-12,14-16,18H2,1-3H3/t22-,23-/m1/s1. The van der Waals surface area contributed by atoms with Gasteiger partial charge in [-0.05, 0) is 56.2 Å². The summed E-state index contributed by atoms with van der Waals surface area (Å²) in [6.07, 6.45) is 10.7. The molecule has 0 radical (unpaired) electrons. The van der Waals surface area contributed by atoms with E-state index in [1.807, 2.05) is 56.4 Å². The Morgan fingerprint density at radius 3 is 2.79 bits per heavy atom. The van der Waals surface area contributed by atoms with Gasteiger partial charge in [-0.15, -0.1) is 0 Å². The van der Waals surface area contributed by atoms with Crippen LogP contribution in [0.4, 0.5) is 0 Å². The molecule has 0 unspecified atom stereocenters. The van der Waals surface area contributed by atoms with Crippen molar-refractivity contribution in [1.82, 2.24) is 19.6 Å². The second-order valence-corrected chi connectivity index (χ2v) is 9.09. The number of piperidine rings is 1. The maximum Gasteiger partial charge on any atom is 0.260 e. The third-order valence-corrected chi connectivity index (χ3v) is 6.88. The summed E-state index contributed by atoms with van der Waals surface area (Å²) in [6, 6.07) is 7.81. The quantitative estimate of drug-likeness (QED) is 0.674. The number of nitrogens with zero attached hydrogens (tertiary/aromatic N) is 4. The van der Waals surface area contributed by atoms with Crippen LogP contribution in [0.25, 0.3) is 0 Å². The van der Waals surface area contributed by atoms with Crippen molar-refractivity contribution < 1.29 is 14.3 Å². The zero-order chi connectivity index (χ0) is 23.4. The van der Waals surface area contributed by atoms with Crippen molar-refractivity contribution in [3.8, 4) is 5.75 Å². The van der Waals surface area contributed by atoms with E-state index in [1.54, 1.807) is 9.58 Å². The molecular weight excluding hydrogens is 416 g/mol. The van der Waals surface area contributed by atoms with E-state index in [9.17, 15) is 9.59 Å². The van der Waals surface area contributed by atoms with Gasteiger partial charge in [0.1, 0.15) is 5.75 Å². The predicted octanol–water partition coefficient (Wildman–Crippen LogP) is 3.06. The van der Waals surface area contributed by atoms with Crippen molar-refractivity contribution >= 4 is 11.8 Å². The summed E-state index contributed by atoms with van der Waals surface area (Å²) in [5.41, 5.74) is 3.15. The van der Waals surface area contributed by atoms with Crippen LogP contribution in [-0.2, 0) is 29.5 Å². The molecular formula is C26H34N4O3. The van der Waals surface area contributed by atoms with Crippen LogP contribution in [0.2, 0.25) is 0 Å². The molecule has 2 amide bonds. The van der Waals surface area contributed by atoms with Gasteiger partial charge in [0, 0.05) is 33.3 Å². The third kappa shape index (κ3) is 5.29. The maximum absolute atomic E-state index is 13.3. The number of amides is 2. The van der Waals surface area contributed by atoms with Crippen LogP contribution in [0.15, 0.2) is 42.6 Å². The molecule has 176 valence electrons. The van der Waals surface area contributed by atoms with Gasteiger partial charge < -0.3 is 14.5 Å². The average molecular weight is 451 g/mol.